The predicted octanol–water partition coefficient (Wildman–Crippen LogP) is 0.738. The summed E-state index contributed by atoms with van der Waals surface area (Å²) < 4.78 is 4.54. The van der Waals surface area contributed by atoms with Crippen molar-refractivity contribution in [3.05, 3.63) is 29.8 Å². The third kappa shape index (κ3) is 3.94. The molecule has 0 heterocycles. The summed E-state index contributed by atoms with van der Waals surface area (Å²) in [6.07, 6.45) is -0.154. The van der Waals surface area contributed by atoms with Gasteiger partial charge in [-0.25, -0.2) is 4.79 Å². The minimum Gasteiger partial charge on any atom is -0.465 e. The number of nitrogens with one attached hydrogen (secondary N) is 2. The van der Waals surface area contributed by atoms with E-state index in [1.165, 1.54) is 19.2 Å². The zero-order valence-electron chi connectivity index (χ0n) is 9.32. The molecule has 1 rings (SSSR count). The molecule has 0 bridgehead atoms. The molecule has 0 aliphatic rings. The monoisotopic (exact) mass is 235 g/mol. The fourth-order valence-electron chi connectivity index (χ4n) is 1.19. The van der Waals surface area contributed by atoms with Crippen LogP contribution in [0.2, 0.25) is 0 Å². The second-order valence-electron chi connectivity index (χ2n) is 3.32. The minimum absolute atomic E-state index is 0.154. The Morgan fingerprint density at radius 1 is 1.35 bits per heavy atom. The first-order valence-electron chi connectivity index (χ1n) is 4.84. The molecule has 0 aromatic heterocycles. The van der Waals surface area contributed by atoms with Crippen LogP contribution in [0, 0.1) is 5.41 Å². The normalized spacial score (nSPS) is 9.47. The van der Waals surface area contributed by atoms with Crippen molar-refractivity contribution >= 4 is 23.4 Å². The third-order valence-corrected chi connectivity index (χ3v) is 1.94. The molecule has 0 spiro atoms. The number of hydrogen-bond donors (Lipinski definition) is 3. The molecule has 90 valence electrons. The van der Waals surface area contributed by atoms with Crippen LogP contribution in [0.5, 0.6) is 0 Å². The van der Waals surface area contributed by atoms with Crippen molar-refractivity contribution in [2.24, 2.45) is 5.73 Å². The zero-order chi connectivity index (χ0) is 12.8. The van der Waals surface area contributed by atoms with Gasteiger partial charge in [-0.2, -0.15) is 0 Å². The number of anilines is 1. The summed E-state index contributed by atoms with van der Waals surface area (Å²) in [6.45, 7) is 0. The second-order valence-corrected chi connectivity index (χ2v) is 3.32. The molecule has 0 atom stereocenters. The number of methoxy groups -OCH3 is 1. The number of carbonyl (C=O) groups excluding carboxylic acids is 2. The fraction of sp³-hybridized carbons (Fsp3) is 0.182. The summed E-state index contributed by atoms with van der Waals surface area (Å²) in [7, 11) is 1.30. The van der Waals surface area contributed by atoms with Crippen molar-refractivity contribution in [3.8, 4) is 0 Å². The molecule has 0 radical (unpaired) electrons. The van der Waals surface area contributed by atoms with Crippen molar-refractivity contribution in [2.75, 3.05) is 12.4 Å². The van der Waals surface area contributed by atoms with E-state index in [1.807, 2.05) is 0 Å². The molecular formula is C11H13N3O3. The smallest absolute Gasteiger partial charge is 0.337 e. The van der Waals surface area contributed by atoms with Crippen molar-refractivity contribution in [1.29, 1.82) is 5.41 Å². The molecule has 4 N–H and O–H groups in total. The quantitative estimate of drug-likeness (QED) is 0.406. The highest BCUT2D eigenvalue weighted by atomic mass is 16.5. The minimum atomic E-state index is -0.438. The molecule has 1 aromatic rings. The summed E-state index contributed by atoms with van der Waals surface area (Å²) in [5.74, 6) is -1.01. The summed E-state index contributed by atoms with van der Waals surface area (Å²) in [4.78, 5) is 22.4. The fourth-order valence-corrected chi connectivity index (χ4v) is 1.19. The van der Waals surface area contributed by atoms with Gasteiger partial charge in [0.05, 0.1) is 19.1 Å². The van der Waals surface area contributed by atoms with E-state index in [2.05, 4.69) is 10.1 Å². The topological polar surface area (TPSA) is 105 Å². The summed E-state index contributed by atoms with van der Waals surface area (Å²) in [5.41, 5.74) is 6.02. The molecule has 0 fully saturated rings. The number of nitrogens with two attached hydrogens (primary N) is 1. The molecule has 0 aliphatic heterocycles. The number of rotatable bonds is 4. The predicted molar refractivity (Wildman–Crippen MR) is 62.9 cm³/mol. The average molecular weight is 235 g/mol. The number of hydrogen-bond acceptors (Lipinski definition) is 4. The maximum atomic E-state index is 11.3. The van der Waals surface area contributed by atoms with Gasteiger partial charge in [-0.05, 0) is 24.3 Å². The number of esters is 1. The van der Waals surface area contributed by atoms with Crippen LogP contribution in [0.4, 0.5) is 5.69 Å². The van der Waals surface area contributed by atoms with Crippen LogP contribution in [0.15, 0.2) is 24.3 Å². The lowest BCUT2D eigenvalue weighted by atomic mass is 10.2. The molecule has 17 heavy (non-hydrogen) atoms. The van der Waals surface area contributed by atoms with Crippen molar-refractivity contribution in [3.63, 3.8) is 0 Å². The SMILES string of the molecule is COC(=O)c1ccc(NC(=O)CC(=N)N)cc1. The molecule has 0 aliphatic carbocycles. The Kier molecular flexibility index (Phi) is 4.21. The Balaban J connectivity index is 2.65. The van der Waals surface area contributed by atoms with E-state index in [0.717, 1.165) is 0 Å². The van der Waals surface area contributed by atoms with Crippen molar-refractivity contribution in [2.45, 2.75) is 6.42 Å². The van der Waals surface area contributed by atoms with Crippen LogP contribution in [-0.4, -0.2) is 24.8 Å². The Morgan fingerprint density at radius 2 is 1.94 bits per heavy atom. The largest absolute Gasteiger partial charge is 0.465 e. The summed E-state index contributed by atoms with van der Waals surface area (Å²) >= 11 is 0. The number of amides is 1. The van der Waals surface area contributed by atoms with Gasteiger partial charge in [0, 0.05) is 5.69 Å². The van der Waals surface area contributed by atoms with Crippen molar-refractivity contribution < 1.29 is 14.3 Å². The van der Waals surface area contributed by atoms with Gasteiger partial charge >= 0.3 is 5.97 Å². The maximum absolute atomic E-state index is 11.3. The van der Waals surface area contributed by atoms with Gasteiger partial charge in [-0.3, -0.25) is 10.2 Å². The molecule has 6 heteroatoms. The van der Waals surface area contributed by atoms with Gasteiger partial charge in [-0.15, -0.1) is 0 Å². The molecule has 0 saturated carbocycles. The average Bonchev–Trinajstić information content (AvgIpc) is 2.28. The maximum Gasteiger partial charge on any atom is 0.337 e. The van der Waals surface area contributed by atoms with Gasteiger partial charge in [0.15, 0.2) is 0 Å². The Hall–Kier alpha value is -2.37. The van der Waals surface area contributed by atoms with E-state index < -0.39 is 5.97 Å². The number of ether oxygens (including phenoxy) is 1. The molecule has 1 amide bonds. The molecule has 0 saturated heterocycles. The van der Waals surface area contributed by atoms with Crippen LogP contribution in [-0.2, 0) is 9.53 Å². The molecule has 0 unspecified atom stereocenters. The van der Waals surface area contributed by atoms with E-state index in [1.54, 1.807) is 12.1 Å². The van der Waals surface area contributed by atoms with Crippen molar-refractivity contribution in [1.82, 2.24) is 0 Å². The van der Waals surface area contributed by atoms with E-state index in [9.17, 15) is 9.59 Å². The van der Waals surface area contributed by atoms with E-state index in [4.69, 9.17) is 11.1 Å². The van der Waals surface area contributed by atoms with Crippen LogP contribution in [0.3, 0.4) is 0 Å². The van der Waals surface area contributed by atoms with Gasteiger partial charge in [0.2, 0.25) is 5.91 Å². The lowest BCUT2D eigenvalue weighted by molar-refractivity contribution is -0.115. The molecule has 1 aromatic carbocycles. The first-order valence-corrected chi connectivity index (χ1v) is 4.84. The molecular weight excluding hydrogens is 222 g/mol. The van der Waals surface area contributed by atoms with Gasteiger partial charge in [0.25, 0.3) is 0 Å². The number of amidine groups is 1. The van der Waals surface area contributed by atoms with Gasteiger partial charge < -0.3 is 15.8 Å². The first kappa shape index (κ1) is 12.7. The first-order chi connectivity index (χ1) is 8.02. The van der Waals surface area contributed by atoms with Gasteiger partial charge in [-0.1, -0.05) is 0 Å². The lowest BCUT2D eigenvalue weighted by Gasteiger charge is -2.05. The van der Waals surface area contributed by atoms with Crippen LogP contribution in [0.1, 0.15) is 16.8 Å². The number of benzene rings is 1. The summed E-state index contributed by atoms with van der Waals surface area (Å²) in [5, 5.41) is 9.51. The highest BCUT2D eigenvalue weighted by Gasteiger charge is 2.06. The Bertz CT molecular complexity index is 440. The van der Waals surface area contributed by atoms with E-state index >= 15 is 0 Å². The van der Waals surface area contributed by atoms with E-state index in [0.29, 0.717) is 11.3 Å². The summed E-state index contributed by atoms with van der Waals surface area (Å²) in [6, 6.07) is 6.22. The van der Waals surface area contributed by atoms with Crippen LogP contribution >= 0.6 is 0 Å². The number of carbonyl (C=O) groups is 2. The highest BCUT2D eigenvalue weighted by molar-refractivity contribution is 6.04. The van der Waals surface area contributed by atoms with Crippen LogP contribution in [0.25, 0.3) is 0 Å². The van der Waals surface area contributed by atoms with Crippen LogP contribution < -0.4 is 11.1 Å². The van der Waals surface area contributed by atoms with E-state index in [-0.39, 0.29) is 18.2 Å². The molecule has 6 nitrogen and oxygen atoms in total. The van der Waals surface area contributed by atoms with Gasteiger partial charge in [0.1, 0.15) is 5.84 Å². The standard InChI is InChI=1S/C11H13N3O3/c1-17-11(16)7-2-4-8(5-3-7)14-10(15)6-9(12)13/h2-5H,6H2,1H3,(H3,12,13)(H,14,15). The lowest BCUT2D eigenvalue weighted by Crippen LogP contribution is -2.20. The Labute approximate surface area is 98.3 Å². The Morgan fingerprint density at radius 3 is 2.41 bits per heavy atom. The zero-order valence-corrected chi connectivity index (χ0v) is 9.32. The third-order valence-electron chi connectivity index (χ3n) is 1.94. The highest BCUT2D eigenvalue weighted by Crippen LogP contribution is 2.10. The second kappa shape index (κ2) is 5.64.